The SMILES string of the molecule is CC[C@H](C)[C@H]1NC(=O)[C@H]2CCCN2C(=O)[C@@H](NC(C)=O)[C@@H](C)OC(=O)[C@@H](Cc2ccc(OC)cc2)N(C)C(=O)[C@H]2CCCN2C(=O)[C@@H](C(C)C)NC1=O. The molecule has 0 radical (unpaired) electrons. The molecular weight excluding hydrogens is 684 g/mol. The molecule has 53 heavy (non-hydrogen) atoms. The van der Waals surface area contributed by atoms with Crippen molar-refractivity contribution in [3.8, 4) is 5.75 Å². The third kappa shape index (κ3) is 9.46. The summed E-state index contributed by atoms with van der Waals surface area (Å²) in [7, 11) is 3.01. The lowest BCUT2D eigenvalue weighted by Crippen LogP contribution is -2.61. The number of benzene rings is 1. The third-order valence-electron chi connectivity index (χ3n) is 10.8. The fourth-order valence-electron chi connectivity index (χ4n) is 7.34. The summed E-state index contributed by atoms with van der Waals surface area (Å²) < 4.78 is 11.2. The normalized spacial score (nSPS) is 28.6. The van der Waals surface area contributed by atoms with E-state index in [1.165, 1.54) is 42.7 Å². The van der Waals surface area contributed by atoms with Gasteiger partial charge in [0.1, 0.15) is 48.1 Å². The van der Waals surface area contributed by atoms with E-state index in [9.17, 15) is 33.6 Å². The number of rotatable bonds is 7. The second-order valence-corrected chi connectivity index (χ2v) is 14.8. The van der Waals surface area contributed by atoms with Crippen LogP contribution >= 0.6 is 0 Å². The molecule has 6 amide bonds. The molecule has 8 atom stereocenters. The molecule has 3 fully saturated rings. The van der Waals surface area contributed by atoms with Crippen molar-refractivity contribution in [2.75, 3.05) is 27.2 Å². The number of hydrogen-bond donors (Lipinski definition) is 3. The lowest BCUT2D eigenvalue weighted by atomic mass is 9.95. The molecular formula is C38H56N6O9. The second kappa shape index (κ2) is 17.9. The van der Waals surface area contributed by atoms with Gasteiger partial charge in [0.15, 0.2) is 0 Å². The lowest BCUT2D eigenvalue weighted by Gasteiger charge is -2.35. The summed E-state index contributed by atoms with van der Waals surface area (Å²) in [6, 6.07) is 0.551. The van der Waals surface area contributed by atoms with Gasteiger partial charge in [0.25, 0.3) is 0 Å². The molecule has 0 aliphatic carbocycles. The Hall–Kier alpha value is -4.69. The predicted octanol–water partition coefficient (Wildman–Crippen LogP) is 1.17. The van der Waals surface area contributed by atoms with Gasteiger partial charge in [-0.2, -0.15) is 0 Å². The van der Waals surface area contributed by atoms with E-state index in [1.54, 1.807) is 38.1 Å². The van der Waals surface area contributed by atoms with E-state index < -0.39 is 83.8 Å². The number of carbonyl (C=O) groups is 7. The predicted molar refractivity (Wildman–Crippen MR) is 194 cm³/mol. The molecule has 3 heterocycles. The summed E-state index contributed by atoms with van der Waals surface area (Å²) in [4.78, 5) is 101. The summed E-state index contributed by atoms with van der Waals surface area (Å²) in [5.74, 6) is -4.09. The number of hydrogen-bond acceptors (Lipinski definition) is 9. The van der Waals surface area contributed by atoms with Crippen molar-refractivity contribution >= 4 is 41.4 Å². The van der Waals surface area contributed by atoms with Crippen LogP contribution in [0, 0.1) is 11.8 Å². The molecule has 0 bridgehead atoms. The molecule has 292 valence electrons. The Morgan fingerprint density at radius 3 is 2.04 bits per heavy atom. The molecule has 0 spiro atoms. The fraction of sp³-hybridized carbons (Fsp3) is 0.658. The van der Waals surface area contributed by atoms with E-state index in [4.69, 9.17) is 9.47 Å². The van der Waals surface area contributed by atoms with Crippen molar-refractivity contribution < 1.29 is 43.0 Å². The Bertz CT molecular complexity index is 1530. The van der Waals surface area contributed by atoms with Crippen LogP contribution in [0.5, 0.6) is 5.75 Å². The third-order valence-corrected chi connectivity index (χ3v) is 10.8. The standard InChI is InChI=1S/C38H56N6O9/c1-9-22(4)31-34(47)40-30(21(2)3)36(49)44-19-11-13-28(44)35(48)42(7)29(20-25-14-16-26(52-8)17-15-25)38(51)53-23(5)32(39-24(6)45)37(50)43-18-10-12-27(43)33(46)41-31/h14-17,21-23,27-32H,9-13,18-20H2,1-8H3,(H,39,45)(H,40,47)(H,41,46)/t22-,23+,27+,28+,29+,30+,31+,32-/m0/s1. The van der Waals surface area contributed by atoms with Crippen LogP contribution in [0.4, 0.5) is 0 Å². The topological polar surface area (TPSA) is 184 Å². The number of methoxy groups -OCH3 is 1. The van der Waals surface area contributed by atoms with E-state index in [0.717, 1.165) is 0 Å². The van der Waals surface area contributed by atoms with E-state index in [2.05, 4.69) is 16.0 Å². The van der Waals surface area contributed by atoms with E-state index in [0.29, 0.717) is 43.4 Å². The molecule has 0 unspecified atom stereocenters. The molecule has 3 aliphatic rings. The largest absolute Gasteiger partial charge is 0.497 e. The Labute approximate surface area is 311 Å². The van der Waals surface area contributed by atoms with Crippen molar-refractivity contribution in [1.82, 2.24) is 30.7 Å². The number of nitrogens with zero attached hydrogens (tertiary/aromatic N) is 3. The van der Waals surface area contributed by atoms with Crippen molar-refractivity contribution in [3.63, 3.8) is 0 Å². The number of cyclic esters (lactones) is 1. The fourth-order valence-corrected chi connectivity index (χ4v) is 7.34. The average Bonchev–Trinajstić information content (AvgIpc) is 3.83. The minimum absolute atomic E-state index is 0.0350. The quantitative estimate of drug-likeness (QED) is 0.346. The van der Waals surface area contributed by atoms with Crippen LogP contribution in [0.2, 0.25) is 0 Å². The average molecular weight is 741 g/mol. The van der Waals surface area contributed by atoms with Crippen LogP contribution in [-0.4, -0.2) is 126 Å². The number of amides is 6. The molecule has 15 nitrogen and oxygen atoms in total. The van der Waals surface area contributed by atoms with Crippen molar-refractivity contribution in [1.29, 1.82) is 0 Å². The Morgan fingerprint density at radius 2 is 1.47 bits per heavy atom. The van der Waals surface area contributed by atoms with Crippen LogP contribution in [0.25, 0.3) is 0 Å². The molecule has 0 saturated carbocycles. The van der Waals surface area contributed by atoms with Crippen LogP contribution in [0.15, 0.2) is 24.3 Å². The van der Waals surface area contributed by atoms with Gasteiger partial charge < -0.3 is 40.1 Å². The minimum atomic E-state index is -1.35. The molecule has 3 saturated heterocycles. The van der Waals surface area contributed by atoms with E-state index in [-0.39, 0.29) is 31.3 Å². The van der Waals surface area contributed by atoms with E-state index in [1.807, 2.05) is 13.8 Å². The van der Waals surface area contributed by atoms with E-state index >= 15 is 0 Å². The minimum Gasteiger partial charge on any atom is -0.497 e. The van der Waals surface area contributed by atoms with Gasteiger partial charge in [0, 0.05) is 33.5 Å². The highest BCUT2D eigenvalue weighted by molar-refractivity contribution is 5.97. The maximum absolute atomic E-state index is 14.3. The zero-order valence-corrected chi connectivity index (χ0v) is 32.2. The summed E-state index contributed by atoms with van der Waals surface area (Å²) in [5.41, 5.74) is 0.691. The first-order valence-corrected chi connectivity index (χ1v) is 18.7. The highest BCUT2D eigenvalue weighted by Gasteiger charge is 2.45. The number of esters is 1. The molecule has 1 aromatic carbocycles. The number of ether oxygens (including phenoxy) is 2. The lowest BCUT2D eigenvalue weighted by molar-refractivity contribution is -0.163. The van der Waals surface area contributed by atoms with Crippen LogP contribution in [0.3, 0.4) is 0 Å². The molecule has 0 aromatic heterocycles. The van der Waals surface area contributed by atoms with Gasteiger partial charge in [-0.15, -0.1) is 0 Å². The molecule has 15 heteroatoms. The van der Waals surface area contributed by atoms with Gasteiger partial charge >= 0.3 is 5.97 Å². The van der Waals surface area contributed by atoms with Gasteiger partial charge in [-0.25, -0.2) is 4.79 Å². The van der Waals surface area contributed by atoms with Crippen molar-refractivity contribution in [2.45, 2.75) is 122 Å². The highest BCUT2D eigenvalue weighted by Crippen LogP contribution is 2.26. The highest BCUT2D eigenvalue weighted by atomic mass is 16.5. The Morgan fingerprint density at radius 1 is 0.887 bits per heavy atom. The summed E-state index contributed by atoms with van der Waals surface area (Å²) in [6.07, 6.45) is 1.04. The maximum Gasteiger partial charge on any atom is 0.329 e. The number of fused-ring (bicyclic) bond motifs is 2. The smallest absolute Gasteiger partial charge is 0.329 e. The number of nitrogens with one attached hydrogen (secondary N) is 3. The van der Waals surface area contributed by atoms with Gasteiger partial charge in [-0.1, -0.05) is 46.2 Å². The van der Waals surface area contributed by atoms with Gasteiger partial charge in [-0.3, -0.25) is 28.8 Å². The first kappa shape index (κ1) is 41.1. The van der Waals surface area contributed by atoms with Gasteiger partial charge in [-0.05, 0) is 62.1 Å². The first-order chi connectivity index (χ1) is 25.1. The molecule has 1 aromatic rings. The van der Waals surface area contributed by atoms with Gasteiger partial charge in [0.2, 0.25) is 35.4 Å². The Balaban J connectivity index is 1.80. The van der Waals surface area contributed by atoms with Crippen molar-refractivity contribution in [2.24, 2.45) is 11.8 Å². The number of likely N-dealkylation sites (N-methyl/N-ethyl adjacent to an activating group) is 1. The maximum atomic E-state index is 14.3. The van der Waals surface area contributed by atoms with Crippen molar-refractivity contribution in [3.05, 3.63) is 29.8 Å². The Kier molecular flexibility index (Phi) is 13.9. The summed E-state index contributed by atoms with van der Waals surface area (Å²) >= 11 is 0. The second-order valence-electron chi connectivity index (χ2n) is 14.8. The summed E-state index contributed by atoms with van der Waals surface area (Å²) in [6.45, 7) is 10.5. The molecule has 4 rings (SSSR count). The molecule has 3 N–H and O–H groups in total. The number of carbonyl (C=O) groups excluding carboxylic acids is 7. The van der Waals surface area contributed by atoms with Crippen LogP contribution in [-0.2, 0) is 44.7 Å². The summed E-state index contributed by atoms with van der Waals surface area (Å²) in [5, 5.41) is 8.35. The van der Waals surface area contributed by atoms with Gasteiger partial charge in [0.05, 0.1) is 7.11 Å². The zero-order valence-electron chi connectivity index (χ0n) is 32.2. The zero-order chi connectivity index (χ0) is 39.1. The first-order valence-electron chi connectivity index (χ1n) is 18.7. The van der Waals surface area contributed by atoms with Crippen LogP contribution < -0.4 is 20.7 Å². The van der Waals surface area contributed by atoms with Crippen LogP contribution in [0.1, 0.15) is 79.2 Å². The monoisotopic (exact) mass is 740 g/mol. The molecule has 3 aliphatic heterocycles.